The van der Waals surface area contributed by atoms with Crippen LogP contribution in [0.2, 0.25) is 0 Å². The van der Waals surface area contributed by atoms with Gasteiger partial charge in [0.2, 0.25) is 5.91 Å². The van der Waals surface area contributed by atoms with Gasteiger partial charge in [-0.15, -0.1) is 0 Å². The first-order valence-electron chi connectivity index (χ1n) is 9.56. The van der Waals surface area contributed by atoms with Gasteiger partial charge in [0.1, 0.15) is 5.82 Å². The van der Waals surface area contributed by atoms with Crippen molar-refractivity contribution in [2.75, 3.05) is 6.54 Å². The van der Waals surface area contributed by atoms with Crippen molar-refractivity contribution in [3.05, 3.63) is 41.9 Å². The number of piperidine rings is 1. The van der Waals surface area contributed by atoms with E-state index in [-0.39, 0.29) is 12.0 Å². The van der Waals surface area contributed by atoms with E-state index in [1.807, 2.05) is 6.20 Å². The van der Waals surface area contributed by atoms with Gasteiger partial charge in [0, 0.05) is 12.5 Å². The molecular formula is C21H29N3O. The molecule has 1 amide bonds. The van der Waals surface area contributed by atoms with Gasteiger partial charge in [0.05, 0.1) is 17.9 Å². The molecule has 4 nitrogen and oxygen atoms in total. The van der Waals surface area contributed by atoms with E-state index < -0.39 is 0 Å². The highest BCUT2D eigenvalue weighted by molar-refractivity contribution is 5.79. The molecule has 1 aliphatic heterocycles. The third-order valence-corrected chi connectivity index (χ3v) is 5.39. The first-order valence-corrected chi connectivity index (χ1v) is 9.56. The number of likely N-dealkylation sites (tertiary alicyclic amines) is 1. The lowest BCUT2D eigenvalue weighted by atomic mass is 9.96. The fraction of sp³-hybridized carbons (Fsp3) is 0.524. The highest BCUT2D eigenvalue weighted by atomic mass is 16.2. The number of aromatic amines is 1. The molecule has 4 heteroatoms. The molecule has 2 aromatic rings. The maximum atomic E-state index is 12.9. The number of H-pyrrole nitrogens is 1. The second-order valence-corrected chi connectivity index (χ2v) is 7.10. The van der Waals surface area contributed by atoms with Crippen LogP contribution in [0.1, 0.15) is 63.4 Å². The van der Waals surface area contributed by atoms with Crippen LogP contribution < -0.4 is 0 Å². The number of hydrogen-bond acceptors (Lipinski definition) is 2. The van der Waals surface area contributed by atoms with Gasteiger partial charge >= 0.3 is 0 Å². The van der Waals surface area contributed by atoms with Gasteiger partial charge in [0.15, 0.2) is 0 Å². The molecular weight excluding hydrogens is 310 g/mol. The summed E-state index contributed by atoms with van der Waals surface area (Å²) in [5, 5.41) is 0. The number of hydrogen-bond donors (Lipinski definition) is 1. The number of imidazole rings is 1. The summed E-state index contributed by atoms with van der Waals surface area (Å²) in [6.45, 7) is 7.15. The average molecular weight is 339 g/mol. The molecule has 0 bridgehead atoms. The van der Waals surface area contributed by atoms with Gasteiger partial charge in [-0.3, -0.25) is 4.79 Å². The minimum absolute atomic E-state index is 0.0843. The molecule has 1 aromatic carbocycles. The molecule has 134 valence electrons. The lowest BCUT2D eigenvalue weighted by Crippen LogP contribution is -2.42. The van der Waals surface area contributed by atoms with Gasteiger partial charge in [-0.25, -0.2) is 4.98 Å². The number of nitrogens with zero attached hydrogens (tertiary/aromatic N) is 2. The first-order chi connectivity index (χ1) is 12.1. The SMILES string of the molecule is CCC(CC)C(=O)N1CCCCC1c1ncc(-c2ccc(C)cc2)[nH]1. The Bertz CT molecular complexity index is 700. The van der Waals surface area contributed by atoms with E-state index in [2.05, 4.69) is 59.9 Å². The number of carbonyl (C=O) groups is 1. The van der Waals surface area contributed by atoms with Crippen LogP contribution in [0.5, 0.6) is 0 Å². The van der Waals surface area contributed by atoms with Crippen LogP contribution in [0.25, 0.3) is 11.3 Å². The van der Waals surface area contributed by atoms with Crippen LogP contribution in [0, 0.1) is 12.8 Å². The average Bonchev–Trinajstić information content (AvgIpc) is 3.13. The summed E-state index contributed by atoms with van der Waals surface area (Å²) in [5.41, 5.74) is 3.41. The van der Waals surface area contributed by atoms with Crippen LogP contribution in [0.3, 0.4) is 0 Å². The Hall–Kier alpha value is -2.10. The third-order valence-electron chi connectivity index (χ3n) is 5.39. The standard InChI is InChI=1S/C21H29N3O/c1-4-16(5-2)21(25)24-13-7-6-8-19(24)20-22-14-18(23-20)17-11-9-15(3)10-12-17/h9-12,14,16,19H,4-8,13H2,1-3H3,(H,22,23). The Morgan fingerprint density at radius 3 is 2.64 bits per heavy atom. The number of carbonyl (C=O) groups excluding carboxylic acids is 1. The number of rotatable bonds is 5. The maximum absolute atomic E-state index is 12.9. The van der Waals surface area contributed by atoms with Crippen molar-refractivity contribution in [1.29, 1.82) is 0 Å². The van der Waals surface area contributed by atoms with E-state index in [4.69, 9.17) is 0 Å². The van der Waals surface area contributed by atoms with Crippen molar-refractivity contribution in [3.8, 4) is 11.3 Å². The van der Waals surface area contributed by atoms with E-state index in [1.165, 1.54) is 5.56 Å². The second kappa shape index (κ2) is 7.85. The Balaban J connectivity index is 1.83. The molecule has 1 fully saturated rings. The summed E-state index contributed by atoms with van der Waals surface area (Å²) < 4.78 is 0. The largest absolute Gasteiger partial charge is 0.340 e. The highest BCUT2D eigenvalue weighted by Gasteiger charge is 2.32. The quantitative estimate of drug-likeness (QED) is 0.844. The van der Waals surface area contributed by atoms with Crippen LogP contribution in [-0.4, -0.2) is 27.3 Å². The zero-order valence-electron chi connectivity index (χ0n) is 15.6. The zero-order chi connectivity index (χ0) is 17.8. The molecule has 0 radical (unpaired) electrons. The summed E-state index contributed by atoms with van der Waals surface area (Å²) in [4.78, 5) is 23.1. The van der Waals surface area contributed by atoms with E-state index >= 15 is 0 Å². The molecule has 3 rings (SSSR count). The van der Waals surface area contributed by atoms with E-state index in [1.54, 1.807) is 0 Å². The van der Waals surface area contributed by atoms with Crippen molar-refractivity contribution in [2.45, 2.75) is 58.9 Å². The minimum atomic E-state index is 0.0843. The predicted molar refractivity (Wildman–Crippen MR) is 101 cm³/mol. The van der Waals surface area contributed by atoms with Gasteiger partial charge in [-0.1, -0.05) is 43.7 Å². The lowest BCUT2D eigenvalue weighted by molar-refractivity contribution is -0.140. The van der Waals surface area contributed by atoms with Crippen molar-refractivity contribution in [3.63, 3.8) is 0 Å². The molecule has 2 heterocycles. The lowest BCUT2D eigenvalue weighted by Gasteiger charge is -2.36. The van der Waals surface area contributed by atoms with Crippen molar-refractivity contribution in [1.82, 2.24) is 14.9 Å². The van der Waals surface area contributed by atoms with Gasteiger partial charge in [-0.05, 0) is 44.6 Å². The Labute approximate surface area is 150 Å². The Kier molecular flexibility index (Phi) is 5.57. The number of benzene rings is 1. The zero-order valence-corrected chi connectivity index (χ0v) is 15.6. The Morgan fingerprint density at radius 1 is 1.24 bits per heavy atom. The molecule has 1 aliphatic rings. The van der Waals surface area contributed by atoms with Gasteiger partial charge in [0.25, 0.3) is 0 Å². The maximum Gasteiger partial charge on any atom is 0.226 e. The number of nitrogens with one attached hydrogen (secondary N) is 1. The third kappa shape index (κ3) is 3.78. The summed E-state index contributed by atoms with van der Waals surface area (Å²) >= 11 is 0. The number of aryl methyl sites for hydroxylation is 1. The Morgan fingerprint density at radius 2 is 1.96 bits per heavy atom. The molecule has 1 aromatic heterocycles. The normalized spacial score (nSPS) is 17.9. The first kappa shape index (κ1) is 17.7. The minimum Gasteiger partial charge on any atom is -0.340 e. The number of amides is 1. The predicted octanol–water partition coefficient (Wildman–Crippen LogP) is 4.87. The van der Waals surface area contributed by atoms with Crippen molar-refractivity contribution in [2.24, 2.45) is 5.92 Å². The molecule has 0 spiro atoms. The van der Waals surface area contributed by atoms with Crippen LogP contribution in [-0.2, 0) is 4.79 Å². The van der Waals surface area contributed by atoms with Crippen LogP contribution >= 0.6 is 0 Å². The highest BCUT2D eigenvalue weighted by Crippen LogP contribution is 2.32. The molecule has 0 saturated carbocycles. The molecule has 25 heavy (non-hydrogen) atoms. The monoisotopic (exact) mass is 339 g/mol. The van der Waals surface area contributed by atoms with Gasteiger partial charge < -0.3 is 9.88 Å². The van der Waals surface area contributed by atoms with Crippen LogP contribution in [0.4, 0.5) is 0 Å². The van der Waals surface area contributed by atoms with Crippen molar-refractivity contribution < 1.29 is 4.79 Å². The smallest absolute Gasteiger partial charge is 0.226 e. The molecule has 1 unspecified atom stereocenters. The molecule has 1 atom stereocenters. The molecule has 1 N–H and O–H groups in total. The van der Waals surface area contributed by atoms with E-state index in [0.29, 0.717) is 5.91 Å². The molecule has 0 aliphatic carbocycles. The van der Waals surface area contributed by atoms with Crippen LogP contribution in [0.15, 0.2) is 30.5 Å². The van der Waals surface area contributed by atoms with Gasteiger partial charge in [-0.2, -0.15) is 0 Å². The van der Waals surface area contributed by atoms with E-state index in [9.17, 15) is 4.79 Å². The fourth-order valence-electron chi connectivity index (χ4n) is 3.74. The summed E-state index contributed by atoms with van der Waals surface area (Å²) in [7, 11) is 0. The summed E-state index contributed by atoms with van der Waals surface area (Å²) in [5.74, 6) is 1.35. The molecule has 1 saturated heterocycles. The topological polar surface area (TPSA) is 49.0 Å². The van der Waals surface area contributed by atoms with E-state index in [0.717, 1.165) is 55.7 Å². The summed E-state index contributed by atoms with van der Waals surface area (Å²) in [6, 6.07) is 8.53. The second-order valence-electron chi connectivity index (χ2n) is 7.10. The number of aromatic nitrogens is 2. The summed E-state index contributed by atoms with van der Waals surface area (Å²) in [6.07, 6.45) is 6.95. The fourth-order valence-corrected chi connectivity index (χ4v) is 3.74. The van der Waals surface area contributed by atoms with Crippen molar-refractivity contribution >= 4 is 5.91 Å².